The topological polar surface area (TPSA) is 23.6 Å². The van der Waals surface area contributed by atoms with Crippen molar-refractivity contribution in [3.05, 3.63) is 48.0 Å². The fourth-order valence-corrected chi connectivity index (χ4v) is 3.12. The number of carbonyl (C=O) groups excluding carboxylic acids is 1. The van der Waals surface area contributed by atoms with Gasteiger partial charge in [-0.15, -0.1) is 0 Å². The Labute approximate surface area is 112 Å². The lowest BCUT2D eigenvalue weighted by atomic mass is 9.95. The van der Waals surface area contributed by atoms with Crippen LogP contribution in [-0.2, 0) is 0 Å². The van der Waals surface area contributed by atoms with E-state index in [-0.39, 0.29) is 5.78 Å². The molecule has 0 N–H and O–H groups in total. The lowest BCUT2D eigenvalue weighted by molar-refractivity contribution is 0.0981. The molecule has 0 unspecified atom stereocenters. The summed E-state index contributed by atoms with van der Waals surface area (Å²) in [5.41, 5.74) is 5.42. The first kappa shape index (κ1) is 10.6. The molecule has 94 valence electrons. The van der Waals surface area contributed by atoms with Crippen LogP contribution < -0.4 is 9.80 Å². The van der Waals surface area contributed by atoms with Gasteiger partial charge in [-0.2, -0.15) is 0 Å². The van der Waals surface area contributed by atoms with Crippen molar-refractivity contribution in [1.29, 1.82) is 0 Å². The van der Waals surface area contributed by atoms with Crippen LogP contribution in [0.2, 0.25) is 0 Å². The van der Waals surface area contributed by atoms with Crippen molar-refractivity contribution in [3.8, 4) is 0 Å². The molecule has 0 spiro atoms. The Morgan fingerprint density at radius 1 is 0.947 bits per heavy atom. The van der Waals surface area contributed by atoms with Crippen LogP contribution in [0.15, 0.2) is 42.5 Å². The number of hydrogen-bond donors (Lipinski definition) is 0. The normalized spacial score (nSPS) is 16.2. The van der Waals surface area contributed by atoms with E-state index in [2.05, 4.69) is 47.2 Å². The Balaban J connectivity index is 2.05. The monoisotopic (exact) mass is 250 g/mol. The third kappa shape index (κ3) is 1.30. The highest BCUT2D eigenvalue weighted by molar-refractivity contribution is 6.10. The molecule has 0 saturated carbocycles. The van der Waals surface area contributed by atoms with Gasteiger partial charge < -0.3 is 9.80 Å². The van der Waals surface area contributed by atoms with Gasteiger partial charge in [-0.05, 0) is 24.3 Å². The molecule has 2 aromatic carbocycles. The van der Waals surface area contributed by atoms with E-state index >= 15 is 0 Å². The quantitative estimate of drug-likeness (QED) is 0.715. The van der Waals surface area contributed by atoms with Gasteiger partial charge in [0.2, 0.25) is 0 Å². The molecule has 19 heavy (non-hydrogen) atoms. The highest BCUT2D eigenvalue weighted by Crippen LogP contribution is 2.50. The van der Waals surface area contributed by atoms with Gasteiger partial charge in [-0.25, -0.2) is 0 Å². The molecule has 2 aliphatic rings. The second-order valence-corrected chi connectivity index (χ2v) is 5.05. The molecule has 0 aliphatic carbocycles. The molecule has 0 radical (unpaired) electrons. The van der Waals surface area contributed by atoms with Crippen LogP contribution in [-0.4, -0.2) is 19.4 Å². The Morgan fingerprint density at radius 3 is 2.53 bits per heavy atom. The number of hydrogen-bond acceptors (Lipinski definition) is 3. The van der Waals surface area contributed by atoms with Crippen molar-refractivity contribution in [2.24, 2.45) is 0 Å². The summed E-state index contributed by atoms with van der Waals surface area (Å²) in [5, 5.41) is 0. The molecule has 3 heteroatoms. The maximum atomic E-state index is 12.1. The van der Waals surface area contributed by atoms with Crippen molar-refractivity contribution >= 4 is 28.5 Å². The molecule has 4 rings (SSSR count). The predicted octanol–water partition coefficient (Wildman–Crippen LogP) is 3.49. The molecule has 2 aliphatic heterocycles. The van der Waals surface area contributed by atoms with E-state index in [9.17, 15) is 4.79 Å². The lowest BCUT2D eigenvalue weighted by Crippen LogP contribution is -2.34. The van der Waals surface area contributed by atoms with Gasteiger partial charge in [0.25, 0.3) is 0 Å². The van der Waals surface area contributed by atoms with Gasteiger partial charge in [0, 0.05) is 25.6 Å². The minimum Gasteiger partial charge on any atom is -0.341 e. The molecule has 0 amide bonds. The summed E-state index contributed by atoms with van der Waals surface area (Å²) < 4.78 is 0. The number of fused-ring (bicyclic) bond motifs is 2. The average molecular weight is 250 g/mol. The summed E-state index contributed by atoms with van der Waals surface area (Å²) in [5.74, 6) is 0.251. The van der Waals surface area contributed by atoms with Crippen LogP contribution in [0.5, 0.6) is 0 Å². The summed E-state index contributed by atoms with van der Waals surface area (Å²) in [6, 6.07) is 14.4. The van der Waals surface area contributed by atoms with Gasteiger partial charge in [0.15, 0.2) is 5.78 Å². The van der Waals surface area contributed by atoms with E-state index in [1.807, 2.05) is 12.1 Å². The van der Waals surface area contributed by atoms with Gasteiger partial charge in [-0.1, -0.05) is 18.2 Å². The van der Waals surface area contributed by atoms with E-state index in [0.29, 0.717) is 6.42 Å². The summed E-state index contributed by atoms with van der Waals surface area (Å²) in [6.45, 7) is 0.772. The molecule has 0 atom stereocenters. The third-order valence-corrected chi connectivity index (χ3v) is 4.04. The SMILES string of the molecule is CN1c2ccccc2N2CCC(=O)c3cccc1c32. The molecule has 0 bridgehead atoms. The second-order valence-electron chi connectivity index (χ2n) is 5.05. The summed E-state index contributed by atoms with van der Waals surface area (Å²) in [4.78, 5) is 16.5. The maximum absolute atomic E-state index is 12.1. The molecule has 0 aromatic heterocycles. The standard InChI is InChI=1S/C16H14N2O/c1-17-12-6-2-3-7-13(12)18-10-9-15(19)11-5-4-8-14(17)16(11)18/h2-8H,9-10H2,1H3. The number of rotatable bonds is 0. The second kappa shape index (κ2) is 3.60. The third-order valence-electron chi connectivity index (χ3n) is 4.04. The van der Waals surface area contributed by atoms with Crippen LogP contribution in [0.3, 0.4) is 0 Å². The van der Waals surface area contributed by atoms with E-state index in [1.54, 1.807) is 0 Å². The maximum Gasteiger partial charge on any atom is 0.166 e. The smallest absolute Gasteiger partial charge is 0.166 e. The molecular weight excluding hydrogens is 236 g/mol. The molecule has 0 fully saturated rings. The van der Waals surface area contributed by atoms with Crippen molar-refractivity contribution in [3.63, 3.8) is 0 Å². The predicted molar refractivity (Wildman–Crippen MR) is 76.9 cm³/mol. The van der Waals surface area contributed by atoms with Crippen molar-refractivity contribution in [2.75, 3.05) is 23.4 Å². The van der Waals surface area contributed by atoms with Crippen LogP contribution in [0.25, 0.3) is 0 Å². The zero-order valence-electron chi connectivity index (χ0n) is 10.8. The van der Waals surface area contributed by atoms with Crippen LogP contribution in [0, 0.1) is 0 Å². The first-order chi connectivity index (χ1) is 9.27. The van der Waals surface area contributed by atoms with E-state index in [4.69, 9.17) is 0 Å². The molecule has 2 heterocycles. The highest BCUT2D eigenvalue weighted by atomic mass is 16.1. The van der Waals surface area contributed by atoms with Crippen LogP contribution >= 0.6 is 0 Å². The van der Waals surface area contributed by atoms with Crippen molar-refractivity contribution < 1.29 is 4.79 Å². The summed E-state index contributed by atoms with van der Waals surface area (Å²) >= 11 is 0. The number of ketones is 1. The minimum atomic E-state index is 0.251. The van der Waals surface area contributed by atoms with Crippen LogP contribution in [0.1, 0.15) is 16.8 Å². The number of anilines is 4. The van der Waals surface area contributed by atoms with Crippen molar-refractivity contribution in [1.82, 2.24) is 0 Å². The summed E-state index contributed by atoms with van der Waals surface area (Å²) in [6.07, 6.45) is 0.592. The van der Waals surface area contributed by atoms with Gasteiger partial charge >= 0.3 is 0 Å². The molecule has 3 nitrogen and oxygen atoms in total. The molecule has 0 saturated heterocycles. The van der Waals surface area contributed by atoms with Crippen molar-refractivity contribution in [2.45, 2.75) is 6.42 Å². The number of nitrogens with zero attached hydrogens (tertiary/aromatic N) is 2. The largest absolute Gasteiger partial charge is 0.341 e. The zero-order valence-corrected chi connectivity index (χ0v) is 10.8. The average Bonchev–Trinajstić information content (AvgIpc) is 2.46. The van der Waals surface area contributed by atoms with E-state index in [0.717, 1.165) is 23.5 Å². The first-order valence-corrected chi connectivity index (χ1v) is 6.54. The van der Waals surface area contributed by atoms with E-state index in [1.165, 1.54) is 11.4 Å². The lowest BCUT2D eigenvalue weighted by Gasteiger charge is -2.41. The number of para-hydroxylation sites is 3. The minimum absolute atomic E-state index is 0.251. The van der Waals surface area contributed by atoms with Crippen LogP contribution in [0.4, 0.5) is 22.7 Å². The van der Waals surface area contributed by atoms with E-state index < -0.39 is 0 Å². The van der Waals surface area contributed by atoms with Gasteiger partial charge in [0.05, 0.1) is 22.7 Å². The fourth-order valence-electron chi connectivity index (χ4n) is 3.12. The Hall–Kier alpha value is -2.29. The zero-order chi connectivity index (χ0) is 13.0. The van der Waals surface area contributed by atoms with Gasteiger partial charge in [-0.3, -0.25) is 4.79 Å². The molecule has 2 aromatic rings. The number of benzene rings is 2. The Kier molecular flexibility index (Phi) is 2.01. The molecular formula is C16H14N2O. The highest BCUT2D eigenvalue weighted by Gasteiger charge is 2.33. The number of Topliss-reactive ketones (excluding diaryl/α,β-unsaturated/α-hetero) is 1. The number of carbonyl (C=O) groups is 1. The fraction of sp³-hybridized carbons (Fsp3) is 0.188. The first-order valence-electron chi connectivity index (χ1n) is 6.54. The Morgan fingerprint density at radius 2 is 1.68 bits per heavy atom. The van der Waals surface area contributed by atoms with Gasteiger partial charge in [0.1, 0.15) is 0 Å². The summed E-state index contributed by atoms with van der Waals surface area (Å²) in [7, 11) is 2.06. The Bertz CT molecular complexity index is 693.